The fourth-order valence-electron chi connectivity index (χ4n) is 3.74. The van der Waals surface area contributed by atoms with Gasteiger partial charge in [0, 0.05) is 27.1 Å². The highest BCUT2D eigenvalue weighted by Crippen LogP contribution is 2.29. The Kier molecular flexibility index (Phi) is 9.69. The Hall–Kier alpha value is -2.36. The lowest BCUT2D eigenvalue weighted by Gasteiger charge is -2.22. The Bertz CT molecular complexity index is 706. The molecule has 0 aromatic heterocycles. The molecule has 4 heteroatoms. The predicted molar refractivity (Wildman–Crippen MR) is 117 cm³/mol. The number of likely N-dealkylation sites (N-methyl/N-ethyl adjacent to an activating group) is 1. The largest absolute Gasteiger partial charge is 0.458 e. The number of hydrogen-bond donors (Lipinski definition) is 0. The normalized spacial score (nSPS) is 19.3. The highest BCUT2D eigenvalue weighted by atomic mass is 16.5. The van der Waals surface area contributed by atoms with E-state index in [1.54, 1.807) is 25.1 Å². The fraction of sp³-hybridized carbons (Fsp3) is 0.520. The lowest BCUT2D eigenvalue weighted by molar-refractivity contribution is -0.144. The predicted octanol–water partition coefficient (Wildman–Crippen LogP) is 5.09. The summed E-state index contributed by atoms with van der Waals surface area (Å²) in [7, 11) is 3.56. The molecule has 1 amide bonds. The van der Waals surface area contributed by atoms with Gasteiger partial charge in [-0.25, -0.2) is 0 Å². The van der Waals surface area contributed by atoms with Crippen LogP contribution < -0.4 is 0 Å². The SMILES string of the molecule is CC(=O)OC(/C=C/[C@H]1CCC/C(=C/C(=O)N(C)C)C1)CCCCc1ccccc1. The second kappa shape index (κ2) is 12.3. The summed E-state index contributed by atoms with van der Waals surface area (Å²) in [5.74, 6) is 0.233. The lowest BCUT2D eigenvalue weighted by atomic mass is 9.84. The van der Waals surface area contributed by atoms with Gasteiger partial charge < -0.3 is 9.64 Å². The Labute approximate surface area is 175 Å². The molecule has 1 aliphatic rings. The zero-order valence-electron chi connectivity index (χ0n) is 18.1. The molecule has 0 bridgehead atoms. The van der Waals surface area contributed by atoms with E-state index in [0.717, 1.165) is 51.4 Å². The number of ether oxygens (including phenoxy) is 1. The molecule has 1 aromatic carbocycles. The van der Waals surface area contributed by atoms with Crippen molar-refractivity contribution in [2.24, 2.45) is 5.92 Å². The Morgan fingerprint density at radius 1 is 1.21 bits per heavy atom. The number of aryl methyl sites for hydroxylation is 1. The highest BCUT2D eigenvalue weighted by molar-refractivity contribution is 5.87. The van der Waals surface area contributed by atoms with Gasteiger partial charge >= 0.3 is 5.97 Å². The van der Waals surface area contributed by atoms with Crippen molar-refractivity contribution in [2.45, 2.75) is 64.4 Å². The van der Waals surface area contributed by atoms with Gasteiger partial charge in [0.05, 0.1) is 0 Å². The Morgan fingerprint density at radius 2 is 1.97 bits per heavy atom. The van der Waals surface area contributed by atoms with E-state index in [4.69, 9.17) is 4.74 Å². The van der Waals surface area contributed by atoms with Gasteiger partial charge in [-0.3, -0.25) is 9.59 Å². The van der Waals surface area contributed by atoms with Crippen LogP contribution in [0.5, 0.6) is 0 Å². The molecular formula is C25H35NO3. The zero-order chi connectivity index (χ0) is 21.1. The number of unbranched alkanes of at least 4 members (excludes halogenated alkanes) is 1. The average Bonchev–Trinajstić information content (AvgIpc) is 2.70. The molecule has 0 aliphatic heterocycles. The van der Waals surface area contributed by atoms with E-state index in [2.05, 4.69) is 36.4 Å². The first-order valence-electron chi connectivity index (χ1n) is 10.7. The van der Waals surface area contributed by atoms with Gasteiger partial charge in [0.15, 0.2) is 0 Å². The summed E-state index contributed by atoms with van der Waals surface area (Å²) in [5.41, 5.74) is 2.57. The minimum Gasteiger partial charge on any atom is -0.458 e. The molecule has 2 rings (SSSR count). The van der Waals surface area contributed by atoms with E-state index in [1.165, 1.54) is 18.1 Å². The molecule has 2 atom stereocenters. The quantitative estimate of drug-likeness (QED) is 0.252. The number of carbonyl (C=O) groups is 2. The lowest BCUT2D eigenvalue weighted by Crippen LogP contribution is -2.20. The highest BCUT2D eigenvalue weighted by Gasteiger charge is 2.17. The van der Waals surface area contributed by atoms with Gasteiger partial charge in [0.25, 0.3) is 0 Å². The van der Waals surface area contributed by atoms with Gasteiger partial charge in [0.1, 0.15) is 6.10 Å². The molecule has 1 aliphatic carbocycles. The Morgan fingerprint density at radius 3 is 2.66 bits per heavy atom. The van der Waals surface area contributed by atoms with Crippen molar-refractivity contribution in [2.75, 3.05) is 14.1 Å². The van der Waals surface area contributed by atoms with Crippen molar-refractivity contribution in [1.29, 1.82) is 0 Å². The second-order valence-corrected chi connectivity index (χ2v) is 8.16. The van der Waals surface area contributed by atoms with E-state index >= 15 is 0 Å². The van der Waals surface area contributed by atoms with Gasteiger partial charge in [-0.15, -0.1) is 0 Å². The number of rotatable bonds is 9. The van der Waals surface area contributed by atoms with Crippen molar-refractivity contribution in [3.63, 3.8) is 0 Å². The molecule has 0 spiro atoms. The summed E-state index contributed by atoms with van der Waals surface area (Å²) in [6.45, 7) is 1.47. The van der Waals surface area contributed by atoms with Gasteiger partial charge in [-0.1, -0.05) is 42.0 Å². The van der Waals surface area contributed by atoms with Crippen LogP contribution in [0.25, 0.3) is 0 Å². The van der Waals surface area contributed by atoms with Crippen LogP contribution in [0.4, 0.5) is 0 Å². The van der Waals surface area contributed by atoms with Crippen molar-refractivity contribution in [3.05, 3.63) is 59.7 Å². The molecule has 158 valence electrons. The first kappa shape index (κ1) is 22.9. The summed E-state index contributed by atoms with van der Waals surface area (Å²) >= 11 is 0. The number of nitrogens with zero attached hydrogens (tertiary/aromatic N) is 1. The molecule has 1 unspecified atom stereocenters. The molecule has 0 heterocycles. The molecule has 0 N–H and O–H groups in total. The monoisotopic (exact) mass is 397 g/mol. The first-order chi connectivity index (χ1) is 13.9. The molecule has 1 saturated carbocycles. The number of hydrogen-bond acceptors (Lipinski definition) is 3. The smallest absolute Gasteiger partial charge is 0.303 e. The molecule has 1 aromatic rings. The van der Waals surface area contributed by atoms with Gasteiger partial charge in [-0.2, -0.15) is 0 Å². The van der Waals surface area contributed by atoms with Crippen molar-refractivity contribution >= 4 is 11.9 Å². The van der Waals surface area contributed by atoms with Gasteiger partial charge in [-0.05, 0) is 68.9 Å². The number of carbonyl (C=O) groups excluding carboxylic acids is 2. The minimum atomic E-state index is -0.233. The first-order valence-corrected chi connectivity index (χ1v) is 10.7. The van der Waals surface area contributed by atoms with Crippen molar-refractivity contribution in [1.82, 2.24) is 4.90 Å². The van der Waals surface area contributed by atoms with Crippen LogP contribution in [0, 0.1) is 5.92 Å². The van der Waals surface area contributed by atoms with Crippen molar-refractivity contribution < 1.29 is 14.3 Å². The average molecular weight is 398 g/mol. The van der Waals surface area contributed by atoms with Crippen LogP contribution in [0.15, 0.2) is 54.1 Å². The summed E-state index contributed by atoms with van der Waals surface area (Å²) in [6.07, 6.45) is 14.0. The third kappa shape index (κ3) is 9.12. The Balaban J connectivity index is 1.85. The molecule has 1 fully saturated rings. The van der Waals surface area contributed by atoms with E-state index in [0.29, 0.717) is 5.92 Å². The third-order valence-corrected chi connectivity index (χ3v) is 5.33. The molecule has 29 heavy (non-hydrogen) atoms. The minimum absolute atomic E-state index is 0.0563. The van der Waals surface area contributed by atoms with Crippen LogP contribution in [0.1, 0.15) is 57.4 Å². The van der Waals surface area contributed by atoms with Crippen LogP contribution in [-0.4, -0.2) is 37.0 Å². The molecule has 0 radical (unpaired) electrons. The van der Waals surface area contributed by atoms with Crippen molar-refractivity contribution in [3.8, 4) is 0 Å². The molecule has 0 saturated heterocycles. The molecule has 4 nitrogen and oxygen atoms in total. The van der Waals surface area contributed by atoms with Gasteiger partial charge in [0.2, 0.25) is 5.91 Å². The topological polar surface area (TPSA) is 46.6 Å². The van der Waals surface area contributed by atoms with E-state index in [9.17, 15) is 9.59 Å². The van der Waals surface area contributed by atoms with E-state index in [1.807, 2.05) is 6.07 Å². The van der Waals surface area contributed by atoms with Crippen LogP contribution in [-0.2, 0) is 20.7 Å². The maximum Gasteiger partial charge on any atom is 0.303 e. The van der Waals surface area contributed by atoms with E-state index in [-0.39, 0.29) is 18.0 Å². The zero-order valence-corrected chi connectivity index (χ0v) is 18.1. The number of amides is 1. The third-order valence-electron chi connectivity index (χ3n) is 5.33. The second-order valence-electron chi connectivity index (χ2n) is 8.16. The standard InChI is InChI=1S/C25H35NO3/c1-20(27)29-24(15-8-7-12-21-10-5-4-6-11-21)17-16-22-13-9-14-23(18-22)19-25(28)26(2)3/h4-6,10-11,16-17,19,22,24H,7-9,12-15,18H2,1-3H3/b17-16+,23-19-/t22-,24?/m1/s1. The van der Waals surface area contributed by atoms with Crippen LogP contribution >= 0.6 is 0 Å². The summed E-state index contributed by atoms with van der Waals surface area (Å²) in [5, 5.41) is 0. The van der Waals surface area contributed by atoms with Crippen LogP contribution in [0.2, 0.25) is 0 Å². The summed E-state index contributed by atoms with van der Waals surface area (Å²) < 4.78 is 5.52. The summed E-state index contributed by atoms with van der Waals surface area (Å²) in [6, 6.07) is 10.5. The number of benzene rings is 1. The summed E-state index contributed by atoms with van der Waals surface area (Å²) in [4.78, 5) is 25.0. The van der Waals surface area contributed by atoms with E-state index < -0.39 is 0 Å². The number of allylic oxidation sites excluding steroid dienone is 2. The maximum atomic E-state index is 11.9. The molecular weight excluding hydrogens is 362 g/mol. The number of esters is 1. The maximum absolute atomic E-state index is 11.9. The fourth-order valence-corrected chi connectivity index (χ4v) is 3.74. The van der Waals surface area contributed by atoms with Crippen LogP contribution in [0.3, 0.4) is 0 Å².